The van der Waals surface area contributed by atoms with Gasteiger partial charge in [0.15, 0.2) is 0 Å². The van der Waals surface area contributed by atoms with Gasteiger partial charge in [-0.05, 0) is 24.6 Å². The highest BCUT2D eigenvalue weighted by atomic mass is 16.4. The van der Waals surface area contributed by atoms with Gasteiger partial charge in [-0.15, -0.1) is 0 Å². The van der Waals surface area contributed by atoms with Crippen molar-refractivity contribution >= 4 is 11.8 Å². The van der Waals surface area contributed by atoms with Crippen LogP contribution >= 0.6 is 0 Å². The smallest absolute Gasteiger partial charge is 0.335 e. The van der Waals surface area contributed by atoms with E-state index in [0.29, 0.717) is 12.4 Å². The molecule has 0 aromatic carbocycles. The first-order valence-corrected chi connectivity index (χ1v) is 7.05. The van der Waals surface area contributed by atoms with E-state index in [1.807, 2.05) is 24.7 Å². The molecule has 21 heavy (non-hydrogen) atoms. The number of hydrogen-bond donors (Lipinski definition) is 2. The summed E-state index contributed by atoms with van der Waals surface area (Å²) in [6.45, 7) is 2.73. The number of pyridine rings is 1. The molecular formula is C15H20N4O2. The highest BCUT2D eigenvalue weighted by Gasteiger charge is 2.08. The molecule has 0 aliphatic rings. The lowest BCUT2D eigenvalue weighted by atomic mass is 10.1. The molecule has 6 nitrogen and oxygen atoms in total. The zero-order valence-electron chi connectivity index (χ0n) is 12.3. The van der Waals surface area contributed by atoms with Gasteiger partial charge in [0.1, 0.15) is 5.82 Å². The van der Waals surface area contributed by atoms with Crippen LogP contribution < -0.4 is 5.32 Å². The first kappa shape index (κ1) is 15.0. The molecule has 2 aromatic heterocycles. The van der Waals surface area contributed by atoms with Crippen LogP contribution in [0.5, 0.6) is 0 Å². The summed E-state index contributed by atoms with van der Waals surface area (Å²) in [6, 6.07) is 5.17. The average molecular weight is 288 g/mol. The fourth-order valence-electron chi connectivity index (χ4n) is 2.15. The van der Waals surface area contributed by atoms with Crippen LogP contribution in [-0.4, -0.2) is 32.4 Å². The number of anilines is 1. The number of aromatic nitrogens is 3. The van der Waals surface area contributed by atoms with Gasteiger partial charge in [-0.2, -0.15) is 5.10 Å². The number of carbonyl (C=O) groups is 1. The van der Waals surface area contributed by atoms with Gasteiger partial charge in [0.05, 0.1) is 5.56 Å². The Balaban J connectivity index is 2.04. The van der Waals surface area contributed by atoms with E-state index in [-0.39, 0.29) is 5.56 Å². The van der Waals surface area contributed by atoms with Crippen molar-refractivity contribution in [1.82, 2.24) is 14.8 Å². The highest BCUT2D eigenvalue weighted by molar-refractivity contribution is 5.88. The number of nitrogens with one attached hydrogen (secondary N) is 1. The van der Waals surface area contributed by atoms with Gasteiger partial charge in [0.2, 0.25) is 0 Å². The fraction of sp³-hybridized carbons (Fsp3) is 0.400. The Hall–Kier alpha value is -2.37. The van der Waals surface area contributed by atoms with Crippen molar-refractivity contribution in [2.75, 3.05) is 11.9 Å². The summed E-state index contributed by atoms with van der Waals surface area (Å²) in [5.41, 5.74) is 2.20. The molecule has 0 fully saturated rings. The van der Waals surface area contributed by atoms with Crippen LogP contribution in [0.3, 0.4) is 0 Å². The van der Waals surface area contributed by atoms with Crippen molar-refractivity contribution in [1.29, 1.82) is 0 Å². The topological polar surface area (TPSA) is 80.0 Å². The quantitative estimate of drug-likeness (QED) is 0.815. The Morgan fingerprint density at radius 1 is 1.38 bits per heavy atom. The Labute approximate surface area is 123 Å². The van der Waals surface area contributed by atoms with Gasteiger partial charge >= 0.3 is 5.97 Å². The molecule has 2 heterocycles. The Bertz CT molecular complexity index is 622. The first-order valence-electron chi connectivity index (χ1n) is 7.05. The molecule has 0 atom stereocenters. The number of nitrogens with zero attached hydrogens (tertiary/aromatic N) is 3. The molecule has 0 amide bonds. The van der Waals surface area contributed by atoms with Crippen molar-refractivity contribution in [2.24, 2.45) is 7.05 Å². The van der Waals surface area contributed by atoms with E-state index >= 15 is 0 Å². The van der Waals surface area contributed by atoms with Crippen molar-refractivity contribution in [3.8, 4) is 0 Å². The SMILES string of the molecule is CCCc1cc(C(=O)O)cc(NCCc2ccnn2C)n1. The molecule has 0 saturated heterocycles. The lowest BCUT2D eigenvalue weighted by Crippen LogP contribution is -2.11. The molecule has 0 radical (unpaired) electrons. The average Bonchev–Trinajstić information content (AvgIpc) is 2.84. The van der Waals surface area contributed by atoms with E-state index in [2.05, 4.69) is 15.4 Å². The van der Waals surface area contributed by atoms with E-state index in [0.717, 1.165) is 30.7 Å². The number of carboxylic acid groups (broad SMARTS) is 1. The largest absolute Gasteiger partial charge is 0.478 e. The Kier molecular flexibility index (Phi) is 4.92. The van der Waals surface area contributed by atoms with Crippen LogP contribution in [0.15, 0.2) is 24.4 Å². The molecular weight excluding hydrogens is 268 g/mol. The van der Waals surface area contributed by atoms with Gasteiger partial charge in [0, 0.05) is 37.6 Å². The van der Waals surface area contributed by atoms with Crippen LogP contribution in [0.1, 0.15) is 35.1 Å². The van der Waals surface area contributed by atoms with Crippen LogP contribution in [-0.2, 0) is 19.9 Å². The molecule has 2 N–H and O–H groups in total. The zero-order valence-corrected chi connectivity index (χ0v) is 12.3. The predicted octanol–water partition coefficient (Wildman–Crippen LogP) is 2.12. The van der Waals surface area contributed by atoms with Crippen molar-refractivity contribution < 1.29 is 9.90 Å². The van der Waals surface area contributed by atoms with Gasteiger partial charge in [-0.1, -0.05) is 13.3 Å². The molecule has 112 valence electrons. The second-order valence-corrected chi connectivity index (χ2v) is 4.91. The minimum atomic E-state index is -0.926. The minimum absolute atomic E-state index is 0.275. The number of rotatable bonds is 7. The summed E-state index contributed by atoms with van der Waals surface area (Å²) < 4.78 is 1.82. The first-order chi connectivity index (χ1) is 10.1. The zero-order chi connectivity index (χ0) is 15.2. The summed E-state index contributed by atoms with van der Waals surface area (Å²) in [4.78, 5) is 15.6. The molecule has 6 heteroatoms. The number of carboxylic acids is 1. The standard InChI is InChI=1S/C15H20N4O2/c1-3-4-12-9-11(15(20)21)10-14(18-12)16-7-5-13-6-8-17-19(13)2/h6,8-10H,3-5,7H2,1-2H3,(H,16,18)(H,20,21). The molecule has 2 aromatic rings. The summed E-state index contributed by atoms with van der Waals surface area (Å²) >= 11 is 0. The van der Waals surface area contributed by atoms with Crippen molar-refractivity contribution in [3.63, 3.8) is 0 Å². The van der Waals surface area contributed by atoms with Crippen molar-refractivity contribution in [3.05, 3.63) is 41.3 Å². The fourth-order valence-corrected chi connectivity index (χ4v) is 2.15. The lowest BCUT2D eigenvalue weighted by Gasteiger charge is -2.09. The maximum absolute atomic E-state index is 11.1. The van der Waals surface area contributed by atoms with Crippen LogP contribution in [0.25, 0.3) is 0 Å². The van der Waals surface area contributed by atoms with Gasteiger partial charge in [-0.3, -0.25) is 4.68 Å². The normalized spacial score (nSPS) is 10.6. The number of aryl methyl sites for hydroxylation is 2. The maximum Gasteiger partial charge on any atom is 0.335 e. The second kappa shape index (κ2) is 6.88. The van der Waals surface area contributed by atoms with E-state index in [9.17, 15) is 4.79 Å². The molecule has 0 unspecified atom stereocenters. The summed E-state index contributed by atoms with van der Waals surface area (Å²) in [7, 11) is 1.90. The summed E-state index contributed by atoms with van der Waals surface area (Å²) in [6.07, 6.45) is 4.28. The van der Waals surface area contributed by atoms with E-state index in [1.54, 1.807) is 18.3 Å². The van der Waals surface area contributed by atoms with Gasteiger partial charge in [0.25, 0.3) is 0 Å². The minimum Gasteiger partial charge on any atom is -0.478 e. The van der Waals surface area contributed by atoms with E-state index in [1.165, 1.54) is 0 Å². The van der Waals surface area contributed by atoms with Gasteiger partial charge in [-0.25, -0.2) is 9.78 Å². The molecule has 0 spiro atoms. The number of hydrogen-bond acceptors (Lipinski definition) is 4. The molecule has 0 saturated carbocycles. The Morgan fingerprint density at radius 3 is 2.81 bits per heavy atom. The second-order valence-electron chi connectivity index (χ2n) is 4.91. The maximum atomic E-state index is 11.1. The molecule has 0 aliphatic carbocycles. The number of aromatic carboxylic acids is 1. The van der Waals surface area contributed by atoms with Crippen LogP contribution in [0, 0.1) is 0 Å². The van der Waals surface area contributed by atoms with E-state index in [4.69, 9.17) is 5.11 Å². The Morgan fingerprint density at radius 2 is 2.19 bits per heavy atom. The molecule has 2 rings (SSSR count). The van der Waals surface area contributed by atoms with Crippen molar-refractivity contribution in [2.45, 2.75) is 26.2 Å². The van der Waals surface area contributed by atoms with Gasteiger partial charge < -0.3 is 10.4 Å². The summed E-state index contributed by atoms with van der Waals surface area (Å²) in [5.74, 6) is -0.315. The van der Waals surface area contributed by atoms with Crippen LogP contribution in [0.4, 0.5) is 5.82 Å². The van der Waals surface area contributed by atoms with Crippen LogP contribution in [0.2, 0.25) is 0 Å². The third-order valence-corrected chi connectivity index (χ3v) is 3.24. The predicted molar refractivity (Wildman–Crippen MR) is 80.6 cm³/mol. The molecule has 0 bridgehead atoms. The highest BCUT2D eigenvalue weighted by Crippen LogP contribution is 2.12. The third-order valence-electron chi connectivity index (χ3n) is 3.24. The monoisotopic (exact) mass is 288 g/mol. The van der Waals surface area contributed by atoms with E-state index < -0.39 is 5.97 Å². The lowest BCUT2D eigenvalue weighted by molar-refractivity contribution is 0.0696. The molecule has 0 aliphatic heterocycles. The third kappa shape index (κ3) is 4.05. The summed E-state index contributed by atoms with van der Waals surface area (Å²) in [5, 5.41) is 16.4.